The van der Waals surface area contributed by atoms with Gasteiger partial charge < -0.3 is 0 Å². The van der Waals surface area contributed by atoms with Crippen LogP contribution in [0.3, 0.4) is 0 Å². The molecular weight excluding hydrogens is 304 g/mol. The summed E-state index contributed by atoms with van der Waals surface area (Å²) in [4.78, 5) is 0. The van der Waals surface area contributed by atoms with Crippen molar-refractivity contribution in [2.45, 2.75) is 20.8 Å². The van der Waals surface area contributed by atoms with Gasteiger partial charge in [-0.3, -0.25) is 4.72 Å². The molecule has 6 heteroatoms. The third-order valence-corrected chi connectivity index (χ3v) is 3.64. The van der Waals surface area contributed by atoms with Crippen LogP contribution in [0.25, 0.3) is 0 Å². The number of nitrogens with one attached hydrogen (secondary N) is 2. The van der Waals surface area contributed by atoms with E-state index in [1.807, 2.05) is 26.8 Å². The third kappa shape index (κ3) is 5.06. The first kappa shape index (κ1) is 14.5. The second-order valence-electron chi connectivity index (χ2n) is 4.31. The summed E-state index contributed by atoms with van der Waals surface area (Å²) in [6.07, 6.45) is 0. The van der Waals surface area contributed by atoms with Gasteiger partial charge in [0, 0.05) is 11.0 Å². The molecule has 0 heterocycles. The molecule has 0 spiro atoms. The fourth-order valence-corrected chi connectivity index (χ4v) is 2.82. The van der Waals surface area contributed by atoms with Gasteiger partial charge in [-0.1, -0.05) is 29.8 Å². The van der Waals surface area contributed by atoms with E-state index in [4.69, 9.17) is 0 Å². The van der Waals surface area contributed by atoms with Crippen LogP contribution in [-0.4, -0.2) is 15.0 Å². The van der Waals surface area contributed by atoms with Crippen molar-refractivity contribution in [3.8, 4) is 0 Å². The van der Waals surface area contributed by atoms with Crippen LogP contribution in [-0.2, 0) is 10.2 Å². The van der Waals surface area contributed by atoms with Crippen molar-refractivity contribution in [3.05, 3.63) is 28.2 Å². The number of halogens is 1. The topological polar surface area (TPSA) is 58.2 Å². The van der Waals surface area contributed by atoms with Crippen LogP contribution in [0.15, 0.2) is 22.7 Å². The normalized spacial score (nSPS) is 11.8. The van der Waals surface area contributed by atoms with E-state index < -0.39 is 10.2 Å². The molecular formula is C11H17BrN2O2S. The molecule has 2 N–H and O–H groups in total. The fourth-order valence-electron chi connectivity index (χ4n) is 1.20. The molecule has 0 fully saturated rings. The minimum Gasteiger partial charge on any atom is -0.271 e. The Bertz CT molecular complexity index is 486. The highest BCUT2D eigenvalue weighted by molar-refractivity contribution is 9.10. The van der Waals surface area contributed by atoms with Gasteiger partial charge in [-0.2, -0.15) is 13.1 Å². The van der Waals surface area contributed by atoms with Gasteiger partial charge >= 0.3 is 0 Å². The van der Waals surface area contributed by atoms with Gasteiger partial charge in [0.05, 0.1) is 5.69 Å². The molecule has 4 nitrogen and oxygen atoms in total. The lowest BCUT2D eigenvalue weighted by Crippen LogP contribution is -2.33. The first-order chi connectivity index (χ1) is 7.80. The first-order valence-corrected chi connectivity index (χ1v) is 7.61. The molecule has 0 atom stereocenters. The van der Waals surface area contributed by atoms with Crippen molar-refractivity contribution in [1.82, 2.24) is 4.72 Å². The van der Waals surface area contributed by atoms with E-state index in [0.717, 1.165) is 10.0 Å². The molecule has 0 aliphatic carbocycles. The maximum atomic E-state index is 11.7. The highest BCUT2D eigenvalue weighted by Gasteiger charge is 2.11. The van der Waals surface area contributed by atoms with E-state index in [1.165, 1.54) is 0 Å². The highest BCUT2D eigenvalue weighted by atomic mass is 79.9. The summed E-state index contributed by atoms with van der Waals surface area (Å²) in [5, 5.41) is 0. The van der Waals surface area contributed by atoms with Crippen LogP contribution in [0, 0.1) is 12.8 Å². The quantitative estimate of drug-likeness (QED) is 0.876. The Balaban J connectivity index is 2.76. The Morgan fingerprint density at radius 2 is 2.00 bits per heavy atom. The van der Waals surface area contributed by atoms with E-state index in [-0.39, 0.29) is 5.92 Å². The Labute approximate surface area is 111 Å². The molecule has 17 heavy (non-hydrogen) atoms. The van der Waals surface area contributed by atoms with Crippen LogP contribution in [0.1, 0.15) is 19.4 Å². The highest BCUT2D eigenvalue weighted by Crippen LogP contribution is 2.20. The van der Waals surface area contributed by atoms with E-state index in [2.05, 4.69) is 25.4 Å². The summed E-state index contributed by atoms with van der Waals surface area (Å²) in [7, 11) is -3.48. The average Bonchev–Trinajstić information content (AvgIpc) is 2.20. The number of rotatable bonds is 5. The molecule has 1 aromatic carbocycles. The van der Waals surface area contributed by atoms with Gasteiger partial charge in [-0.25, -0.2) is 0 Å². The maximum Gasteiger partial charge on any atom is 0.299 e. The zero-order valence-corrected chi connectivity index (χ0v) is 12.5. The van der Waals surface area contributed by atoms with Gasteiger partial charge in [0.2, 0.25) is 0 Å². The first-order valence-electron chi connectivity index (χ1n) is 5.34. The third-order valence-electron chi connectivity index (χ3n) is 2.11. The number of anilines is 1. The van der Waals surface area contributed by atoms with Crippen molar-refractivity contribution in [2.75, 3.05) is 11.3 Å². The lowest BCUT2D eigenvalue weighted by atomic mass is 10.2. The lowest BCUT2D eigenvalue weighted by Gasteiger charge is -2.12. The second-order valence-corrected chi connectivity index (χ2v) is 6.72. The summed E-state index contributed by atoms with van der Waals surface area (Å²) >= 11 is 3.33. The van der Waals surface area contributed by atoms with Crippen molar-refractivity contribution in [3.63, 3.8) is 0 Å². The van der Waals surface area contributed by atoms with E-state index >= 15 is 0 Å². The number of hydrogen-bond donors (Lipinski definition) is 2. The average molecular weight is 321 g/mol. The predicted octanol–water partition coefficient (Wildman–Crippen LogP) is 2.66. The molecule has 0 saturated carbocycles. The Morgan fingerprint density at radius 3 is 2.53 bits per heavy atom. The molecule has 0 aliphatic rings. The van der Waals surface area contributed by atoms with Gasteiger partial charge in [-0.05, 0) is 36.6 Å². The molecule has 0 radical (unpaired) electrons. The molecule has 0 bridgehead atoms. The van der Waals surface area contributed by atoms with Gasteiger partial charge in [0.25, 0.3) is 10.2 Å². The Hall–Kier alpha value is -0.590. The maximum absolute atomic E-state index is 11.7. The molecule has 96 valence electrons. The molecule has 1 rings (SSSR count). The molecule has 0 aliphatic heterocycles. The summed E-state index contributed by atoms with van der Waals surface area (Å²) < 4.78 is 29.3. The number of aryl methyl sites for hydroxylation is 1. The molecule has 1 aromatic rings. The van der Waals surface area contributed by atoms with Gasteiger partial charge in [0.1, 0.15) is 0 Å². The van der Waals surface area contributed by atoms with Gasteiger partial charge in [-0.15, -0.1) is 0 Å². The summed E-state index contributed by atoms with van der Waals surface area (Å²) in [5.41, 5.74) is 1.46. The molecule has 0 saturated heterocycles. The van der Waals surface area contributed by atoms with Gasteiger partial charge in [0.15, 0.2) is 0 Å². The molecule has 0 amide bonds. The monoisotopic (exact) mass is 320 g/mol. The largest absolute Gasteiger partial charge is 0.299 e. The number of benzene rings is 1. The van der Waals surface area contributed by atoms with Crippen LogP contribution < -0.4 is 9.44 Å². The zero-order valence-electron chi connectivity index (χ0n) is 10.1. The molecule has 0 aromatic heterocycles. The molecule has 0 unspecified atom stereocenters. The summed E-state index contributed by atoms with van der Waals surface area (Å²) in [6, 6.07) is 5.39. The fraction of sp³-hybridized carbons (Fsp3) is 0.455. The van der Waals surface area contributed by atoms with Crippen LogP contribution >= 0.6 is 15.9 Å². The SMILES string of the molecule is Cc1cc(Br)ccc1NS(=O)(=O)NCC(C)C. The van der Waals surface area contributed by atoms with E-state index in [0.29, 0.717) is 12.2 Å². The van der Waals surface area contributed by atoms with Crippen molar-refractivity contribution < 1.29 is 8.42 Å². The van der Waals surface area contributed by atoms with Crippen molar-refractivity contribution >= 4 is 31.8 Å². The van der Waals surface area contributed by atoms with Crippen LogP contribution in [0.5, 0.6) is 0 Å². The second kappa shape index (κ2) is 5.84. The smallest absolute Gasteiger partial charge is 0.271 e. The zero-order chi connectivity index (χ0) is 13.1. The van der Waals surface area contributed by atoms with Crippen molar-refractivity contribution in [1.29, 1.82) is 0 Å². The standard InChI is InChI=1S/C11H17BrN2O2S/c1-8(2)7-13-17(15,16)14-11-5-4-10(12)6-9(11)3/h4-6,8,13-14H,7H2,1-3H3. The van der Waals surface area contributed by atoms with E-state index in [9.17, 15) is 8.42 Å². The Kier molecular flexibility index (Phi) is 4.97. The van der Waals surface area contributed by atoms with Crippen LogP contribution in [0.2, 0.25) is 0 Å². The predicted molar refractivity (Wildman–Crippen MR) is 74.3 cm³/mol. The summed E-state index contributed by atoms with van der Waals surface area (Å²) in [5.74, 6) is 0.276. The minimum atomic E-state index is -3.48. The van der Waals surface area contributed by atoms with Crippen molar-refractivity contribution in [2.24, 2.45) is 5.92 Å². The summed E-state index contributed by atoms with van der Waals surface area (Å²) in [6.45, 7) is 6.18. The number of hydrogen-bond acceptors (Lipinski definition) is 2. The minimum absolute atomic E-state index is 0.276. The van der Waals surface area contributed by atoms with Crippen LogP contribution in [0.4, 0.5) is 5.69 Å². The van der Waals surface area contributed by atoms with E-state index in [1.54, 1.807) is 12.1 Å². The Morgan fingerprint density at radius 1 is 1.35 bits per heavy atom. The lowest BCUT2D eigenvalue weighted by molar-refractivity contribution is 0.565.